The second kappa shape index (κ2) is 10.4. The SMILES string of the molecule is CC1(c2ccccc2)c2ccccc2-c2c(C3=NCC(n4c5ccccc5c5cc6ccccc6cc54)[NH2+]c4ccccc43)cccc21. The molecule has 1 aliphatic carbocycles. The van der Waals surface area contributed by atoms with Crippen LogP contribution in [0.5, 0.6) is 0 Å². The summed E-state index contributed by atoms with van der Waals surface area (Å²) in [5, 5.41) is 7.54. The minimum absolute atomic E-state index is 0.0471. The second-order valence-electron chi connectivity index (χ2n) is 13.4. The summed E-state index contributed by atoms with van der Waals surface area (Å²) in [5.74, 6) is 0. The third-order valence-corrected chi connectivity index (χ3v) is 10.9. The molecule has 10 rings (SSSR count). The van der Waals surface area contributed by atoms with Gasteiger partial charge in [0, 0.05) is 21.8 Å². The largest absolute Gasteiger partial charge is 0.292 e. The molecule has 1 aliphatic heterocycles. The first-order valence-electron chi connectivity index (χ1n) is 16.9. The first-order chi connectivity index (χ1) is 23.7. The summed E-state index contributed by atoms with van der Waals surface area (Å²) in [4.78, 5) is 5.58. The molecule has 1 aromatic heterocycles. The molecule has 0 spiro atoms. The monoisotopic (exact) mass is 616 g/mol. The maximum absolute atomic E-state index is 5.58. The number of hydrogen-bond donors (Lipinski definition) is 1. The number of aromatic nitrogens is 1. The highest BCUT2D eigenvalue weighted by molar-refractivity contribution is 6.19. The summed E-state index contributed by atoms with van der Waals surface area (Å²) in [6.07, 6.45) is 0.0471. The molecule has 2 atom stereocenters. The molecule has 2 heterocycles. The third-order valence-electron chi connectivity index (χ3n) is 10.9. The molecular weight excluding hydrogens is 583 g/mol. The van der Waals surface area contributed by atoms with E-state index < -0.39 is 0 Å². The Morgan fingerprint density at radius 3 is 2.12 bits per heavy atom. The lowest BCUT2D eigenvalue weighted by Gasteiger charge is -2.28. The van der Waals surface area contributed by atoms with Crippen LogP contribution in [0.2, 0.25) is 0 Å². The van der Waals surface area contributed by atoms with Gasteiger partial charge >= 0.3 is 0 Å². The first kappa shape index (κ1) is 27.4. The number of fused-ring (bicyclic) bond motifs is 8. The Hall–Kier alpha value is -5.77. The highest BCUT2D eigenvalue weighted by atomic mass is 15.2. The summed E-state index contributed by atoms with van der Waals surface area (Å²) in [6, 6.07) is 57.8. The van der Waals surface area contributed by atoms with Crippen molar-refractivity contribution in [3.63, 3.8) is 0 Å². The van der Waals surface area contributed by atoms with Crippen LogP contribution in [0.4, 0.5) is 5.69 Å². The van der Waals surface area contributed by atoms with E-state index in [1.165, 1.54) is 77.2 Å². The van der Waals surface area contributed by atoms with Crippen LogP contribution in [0, 0.1) is 0 Å². The van der Waals surface area contributed by atoms with E-state index in [0.717, 1.165) is 5.71 Å². The van der Waals surface area contributed by atoms with Gasteiger partial charge in [-0.2, -0.15) is 0 Å². The van der Waals surface area contributed by atoms with Crippen LogP contribution in [0.1, 0.15) is 40.9 Å². The quantitative estimate of drug-likeness (QED) is 0.192. The lowest BCUT2D eigenvalue weighted by atomic mass is 9.74. The fourth-order valence-electron chi connectivity index (χ4n) is 8.64. The standard InChI is InChI=1S/C45H33N3/c1-45(31-16-3-2-4-17-31)37-22-10-7-19-33(37)43-35(21-13-23-38(43)45)44-34-20-8-11-24-39(34)47-42(28-46-44)48-40-25-12-9-18-32(40)36-26-29-14-5-6-15-30(29)27-41(36)48/h2-27,42,47H,28H2,1H3/p+1. The van der Waals surface area contributed by atoms with E-state index in [4.69, 9.17) is 4.99 Å². The molecule has 0 amide bonds. The fraction of sp³-hybridized carbons (Fsp3) is 0.0889. The number of benzene rings is 7. The third kappa shape index (κ3) is 3.82. The average Bonchev–Trinajstić information content (AvgIpc) is 3.52. The van der Waals surface area contributed by atoms with Crippen LogP contribution in [-0.2, 0) is 5.41 Å². The number of rotatable bonds is 3. The molecule has 3 nitrogen and oxygen atoms in total. The topological polar surface area (TPSA) is 33.9 Å². The van der Waals surface area contributed by atoms with Gasteiger partial charge in [-0.15, -0.1) is 0 Å². The molecule has 0 saturated heterocycles. The van der Waals surface area contributed by atoms with E-state index >= 15 is 0 Å². The molecule has 0 saturated carbocycles. The number of benzodiazepines with no additional fused rings is 1. The molecule has 7 aromatic carbocycles. The lowest BCUT2D eigenvalue weighted by Crippen LogP contribution is -2.81. The zero-order valence-electron chi connectivity index (χ0n) is 26.8. The zero-order valence-corrected chi connectivity index (χ0v) is 26.8. The van der Waals surface area contributed by atoms with Gasteiger partial charge in [0.25, 0.3) is 0 Å². The molecule has 0 radical (unpaired) electrons. The van der Waals surface area contributed by atoms with Gasteiger partial charge in [0.15, 0.2) is 6.17 Å². The summed E-state index contributed by atoms with van der Waals surface area (Å²) < 4.78 is 2.53. The number of hydrogen-bond acceptors (Lipinski definition) is 1. The van der Waals surface area contributed by atoms with Crippen molar-refractivity contribution in [3.8, 4) is 11.1 Å². The lowest BCUT2D eigenvalue weighted by molar-refractivity contribution is -0.630. The van der Waals surface area contributed by atoms with Crippen LogP contribution in [0.25, 0.3) is 43.7 Å². The summed E-state index contributed by atoms with van der Waals surface area (Å²) in [7, 11) is 0. The van der Waals surface area contributed by atoms with E-state index in [0.29, 0.717) is 6.54 Å². The van der Waals surface area contributed by atoms with Gasteiger partial charge in [-0.3, -0.25) is 14.9 Å². The first-order valence-corrected chi connectivity index (χ1v) is 16.9. The van der Waals surface area contributed by atoms with E-state index in [9.17, 15) is 0 Å². The Kier molecular flexibility index (Phi) is 5.91. The summed E-state index contributed by atoms with van der Waals surface area (Å²) in [6.45, 7) is 3.03. The molecule has 8 aromatic rings. The molecule has 0 bridgehead atoms. The fourth-order valence-corrected chi connectivity index (χ4v) is 8.64. The van der Waals surface area contributed by atoms with Gasteiger partial charge in [0.1, 0.15) is 12.2 Å². The number of aliphatic imine (C=N–C) groups is 1. The number of nitrogens with two attached hydrogens (primary N) is 1. The van der Waals surface area contributed by atoms with Gasteiger partial charge in [0.2, 0.25) is 0 Å². The van der Waals surface area contributed by atoms with Crippen LogP contribution < -0.4 is 5.32 Å². The Morgan fingerprint density at radius 1 is 0.583 bits per heavy atom. The Balaban J connectivity index is 1.19. The van der Waals surface area contributed by atoms with Crippen LogP contribution in [0.15, 0.2) is 163 Å². The smallest absolute Gasteiger partial charge is 0.190 e. The van der Waals surface area contributed by atoms with Crippen molar-refractivity contribution in [2.45, 2.75) is 18.5 Å². The number of para-hydroxylation sites is 2. The highest BCUT2D eigenvalue weighted by Gasteiger charge is 2.42. The maximum atomic E-state index is 5.58. The second-order valence-corrected chi connectivity index (χ2v) is 13.4. The molecule has 3 heteroatoms. The maximum Gasteiger partial charge on any atom is 0.190 e. The van der Waals surface area contributed by atoms with E-state index in [-0.39, 0.29) is 11.6 Å². The van der Waals surface area contributed by atoms with E-state index in [2.05, 4.69) is 175 Å². The Labute approximate surface area is 279 Å². The van der Waals surface area contributed by atoms with E-state index in [1.807, 2.05) is 0 Å². The normalized spacial score (nSPS) is 18.4. The molecular formula is C45H34N3+. The van der Waals surface area contributed by atoms with Crippen molar-refractivity contribution in [2.75, 3.05) is 6.54 Å². The van der Waals surface area contributed by atoms with Crippen molar-refractivity contribution < 1.29 is 5.32 Å². The summed E-state index contributed by atoms with van der Waals surface area (Å²) in [5.41, 5.74) is 13.5. The van der Waals surface area contributed by atoms with Crippen molar-refractivity contribution in [1.29, 1.82) is 0 Å². The number of nitrogens with zero attached hydrogens (tertiary/aromatic N) is 2. The number of quaternary nitrogens is 1. The van der Waals surface area contributed by atoms with Gasteiger partial charge in [-0.25, -0.2) is 0 Å². The molecule has 0 fully saturated rings. The average molecular weight is 617 g/mol. The van der Waals surface area contributed by atoms with Crippen LogP contribution in [-0.4, -0.2) is 16.8 Å². The van der Waals surface area contributed by atoms with E-state index in [1.54, 1.807) is 0 Å². The van der Waals surface area contributed by atoms with Crippen molar-refractivity contribution >= 4 is 44.0 Å². The summed E-state index contributed by atoms with van der Waals surface area (Å²) >= 11 is 0. The predicted octanol–water partition coefficient (Wildman–Crippen LogP) is 9.53. The Morgan fingerprint density at radius 2 is 1.25 bits per heavy atom. The molecule has 2 aliphatic rings. The molecule has 2 N–H and O–H groups in total. The van der Waals surface area contributed by atoms with Gasteiger partial charge in [-0.05, 0) is 75.8 Å². The van der Waals surface area contributed by atoms with Crippen molar-refractivity contribution in [2.24, 2.45) is 4.99 Å². The Bertz CT molecular complexity index is 2590. The highest BCUT2D eigenvalue weighted by Crippen LogP contribution is 2.53. The van der Waals surface area contributed by atoms with Gasteiger partial charge in [-0.1, -0.05) is 127 Å². The van der Waals surface area contributed by atoms with Crippen LogP contribution in [0.3, 0.4) is 0 Å². The predicted molar refractivity (Wildman–Crippen MR) is 198 cm³/mol. The zero-order chi connectivity index (χ0) is 31.8. The van der Waals surface area contributed by atoms with Crippen molar-refractivity contribution in [1.82, 2.24) is 4.57 Å². The molecule has 228 valence electrons. The molecule has 48 heavy (non-hydrogen) atoms. The molecule has 2 unspecified atom stereocenters. The minimum atomic E-state index is -0.256. The van der Waals surface area contributed by atoms with Crippen molar-refractivity contribution in [3.05, 3.63) is 186 Å². The van der Waals surface area contributed by atoms with Gasteiger partial charge < -0.3 is 0 Å². The van der Waals surface area contributed by atoms with Crippen LogP contribution >= 0.6 is 0 Å². The minimum Gasteiger partial charge on any atom is -0.292 e. The van der Waals surface area contributed by atoms with Gasteiger partial charge in [0.05, 0.1) is 22.3 Å².